The maximum absolute atomic E-state index is 13.1. The zero-order chi connectivity index (χ0) is 26.0. The zero-order valence-corrected chi connectivity index (χ0v) is 22.0. The molecule has 2 aromatic heterocycles. The van der Waals surface area contributed by atoms with Crippen molar-refractivity contribution in [1.82, 2.24) is 25.0 Å². The van der Waals surface area contributed by atoms with Gasteiger partial charge in [0.1, 0.15) is 0 Å². The number of hydrogen-bond donors (Lipinski definition) is 1. The molecule has 0 bridgehead atoms. The largest absolute Gasteiger partial charge is 0.464 e. The van der Waals surface area contributed by atoms with E-state index in [0.29, 0.717) is 17.4 Å². The highest BCUT2D eigenvalue weighted by Crippen LogP contribution is 2.29. The molecule has 5 rings (SSSR count). The SMILES string of the molecule is Cn1ncc2ccc(C(=O)NC3CCC(CCN4CCc5nc(OCC(C)(F)F)sc5CC4)OC3)cc21. The summed E-state index contributed by atoms with van der Waals surface area (Å²) in [7, 11) is 1.87. The van der Waals surface area contributed by atoms with Crippen molar-refractivity contribution in [2.24, 2.45) is 7.05 Å². The summed E-state index contributed by atoms with van der Waals surface area (Å²) in [6.07, 6.45) is 6.37. The van der Waals surface area contributed by atoms with Crippen LogP contribution in [-0.4, -0.2) is 76.5 Å². The van der Waals surface area contributed by atoms with Crippen LogP contribution >= 0.6 is 11.3 Å². The fraction of sp³-hybridized carbons (Fsp3) is 0.577. The number of carbonyl (C=O) groups excluding carboxylic acids is 1. The smallest absolute Gasteiger partial charge is 0.278 e. The number of nitrogens with zero attached hydrogens (tertiary/aromatic N) is 4. The summed E-state index contributed by atoms with van der Waals surface area (Å²) >= 11 is 1.39. The lowest BCUT2D eigenvalue weighted by molar-refractivity contribution is -0.0230. The van der Waals surface area contributed by atoms with Crippen LogP contribution in [0.3, 0.4) is 0 Å². The summed E-state index contributed by atoms with van der Waals surface area (Å²) in [5.74, 6) is -2.94. The molecule has 2 atom stereocenters. The van der Waals surface area contributed by atoms with E-state index in [1.165, 1.54) is 11.3 Å². The standard InChI is InChI=1S/C26H33F2N5O3S/c1-26(27,28)16-36-25-31-21-8-11-33(12-9-23(21)37-25)10-7-20-6-5-19(15-35-20)30-24(34)17-3-4-18-14-29-32(2)22(18)13-17/h3-4,13-14,19-20H,5-12,15-16H2,1-2H3,(H,30,34). The predicted molar refractivity (Wildman–Crippen MR) is 138 cm³/mol. The van der Waals surface area contributed by atoms with E-state index >= 15 is 0 Å². The number of thiazole rings is 1. The molecular formula is C26H33F2N5O3S. The Balaban J connectivity index is 1.03. The molecule has 0 radical (unpaired) electrons. The van der Waals surface area contributed by atoms with Gasteiger partial charge in [0.15, 0.2) is 6.61 Å². The minimum atomic E-state index is -2.86. The van der Waals surface area contributed by atoms with E-state index in [1.54, 1.807) is 10.9 Å². The van der Waals surface area contributed by atoms with Crippen LogP contribution < -0.4 is 10.1 Å². The molecule has 0 saturated carbocycles. The number of aryl methyl sites for hydroxylation is 1. The first kappa shape index (κ1) is 26.0. The van der Waals surface area contributed by atoms with Gasteiger partial charge in [-0.2, -0.15) is 5.10 Å². The average molecular weight is 534 g/mol. The summed E-state index contributed by atoms with van der Waals surface area (Å²) in [6, 6.07) is 5.63. The third-order valence-corrected chi connectivity index (χ3v) is 8.08. The van der Waals surface area contributed by atoms with Crippen LogP contribution in [0.1, 0.15) is 47.1 Å². The van der Waals surface area contributed by atoms with E-state index in [0.717, 1.165) is 80.1 Å². The first-order valence-electron chi connectivity index (χ1n) is 12.8. The van der Waals surface area contributed by atoms with Crippen LogP contribution in [0.5, 0.6) is 5.19 Å². The molecule has 37 heavy (non-hydrogen) atoms. The Kier molecular flexibility index (Phi) is 7.73. The lowest BCUT2D eigenvalue weighted by Gasteiger charge is -2.31. The highest BCUT2D eigenvalue weighted by atomic mass is 32.1. The fourth-order valence-electron chi connectivity index (χ4n) is 4.89. The van der Waals surface area contributed by atoms with Crippen molar-refractivity contribution < 1.29 is 23.0 Å². The van der Waals surface area contributed by atoms with E-state index in [4.69, 9.17) is 9.47 Å². The van der Waals surface area contributed by atoms with Crippen molar-refractivity contribution in [1.29, 1.82) is 0 Å². The van der Waals surface area contributed by atoms with Crippen molar-refractivity contribution in [2.75, 3.05) is 32.8 Å². The molecule has 200 valence electrons. The Morgan fingerprint density at radius 3 is 2.92 bits per heavy atom. The topological polar surface area (TPSA) is 81.5 Å². The molecular weight excluding hydrogens is 500 g/mol. The molecule has 11 heteroatoms. The molecule has 2 unspecified atom stereocenters. The normalized spacial score (nSPS) is 21.0. The van der Waals surface area contributed by atoms with E-state index in [-0.39, 0.29) is 18.1 Å². The van der Waals surface area contributed by atoms with Crippen molar-refractivity contribution >= 4 is 28.1 Å². The number of fused-ring (bicyclic) bond motifs is 2. The van der Waals surface area contributed by atoms with Gasteiger partial charge in [0.2, 0.25) is 0 Å². The van der Waals surface area contributed by atoms with E-state index in [1.807, 2.05) is 25.2 Å². The maximum atomic E-state index is 13.1. The Labute approximate surface area is 218 Å². The molecule has 1 N–H and O–H groups in total. The van der Waals surface area contributed by atoms with Crippen LogP contribution in [0.2, 0.25) is 0 Å². The van der Waals surface area contributed by atoms with Gasteiger partial charge in [0.25, 0.3) is 17.0 Å². The quantitative estimate of drug-likeness (QED) is 0.474. The van der Waals surface area contributed by atoms with Gasteiger partial charge >= 0.3 is 0 Å². The lowest BCUT2D eigenvalue weighted by Crippen LogP contribution is -2.43. The van der Waals surface area contributed by atoms with Crippen molar-refractivity contribution in [3.63, 3.8) is 0 Å². The molecule has 0 spiro atoms. The van der Waals surface area contributed by atoms with Gasteiger partial charge < -0.3 is 19.7 Å². The molecule has 1 saturated heterocycles. The first-order chi connectivity index (χ1) is 17.7. The van der Waals surface area contributed by atoms with E-state index in [2.05, 4.69) is 20.3 Å². The van der Waals surface area contributed by atoms with E-state index in [9.17, 15) is 13.6 Å². The number of benzene rings is 1. The second kappa shape index (κ2) is 11.0. The van der Waals surface area contributed by atoms with Gasteiger partial charge in [-0.1, -0.05) is 17.4 Å². The fourth-order valence-corrected chi connectivity index (χ4v) is 5.83. The monoisotopic (exact) mass is 533 g/mol. The van der Waals surface area contributed by atoms with Crippen LogP contribution in [0.25, 0.3) is 10.9 Å². The summed E-state index contributed by atoms with van der Waals surface area (Å²) in [5, 5.41) is 8.70. The van der Waals surface area contributed by atoms with Crippen molar-refractivity contribution in [2.45, 2.75) is 57.1 Å². The first-order valence-corrected chi connectivity index (χ1v) is 13.6. The summed E-state index contributed by atoms with van der Waals surface area (Å²) < 4.78 is 39.2. The van der Waals surface area contributed by atoms with Crippen LogP contribution in [0.15, 0.2) is 24.4 Å². The van der Waals surface area contributed by atoms with Gasteiger partial charge in [-0.25, -0.2) is 13.8 Å². The number of carbonyl (C=O) groups is 1. The Bertz CT molecular complexity index is 1210. The summed E-state index contributed by atoms with van der Waals surface area (Å²) in [5.41, 5.74) is 2.53. The molecule has 0 aliphatic carbocycles. The minimum Gasteiger partial charge on any atom is -0.464 e. The molecule has 1 amide bonds. The third kappa shape index (κ3) is 6.63. The number of aromatic nitrogens is 3. The van der Waals surface area contributed by atoms with Crippen molar-refractivity contribution in [3.05, 3.63) is 40.5 Å². The number of hydrogen-bond acceptors (Lipinski definition) is 7. The number of rotatable bonds is 8. The van der Waals surface area contributed by atoms with Crippen LogP contribution in [0, 0.1) is 0 Å². The highest BCUT2D eigenvalue weighted by molar-refractivity contribution is 7.13. The van der Waals surface area contributed by atoms with E-state index < -0.39 is 12.5 Å². The second-order valence-corrected chi connectivity index (χ2v) is 11.1. The van der Waals surface area contributed by atoms with Crippen LogP contribution in [0.4, 0.5) is 8.78 Å². The summed E-state index contributed by atoms with van der Waals surface area (Å²) in [4.78, 5) is 20.8. The molecule has 1 fully saturated rings. The summed E-state index contributed by atoms with van der Waals surface area (Å²) in [6.45, 7) is 3.45. The van der Waals surface area contributed by atoms with Crippen LogP contribution in [-0.2, 0) is 24.6 Å². The molecule has 2 aliphatic rings. The third-order valence-electron chi connectivity index (χ3n) is 7.01. The lowest BCUT2D eigenvalue weighted by atomic mass is 10.0. The zero-order valence-electron chi connectivity index (χ0n) is 21.2. The van der Waals surface area contributed by atoms with Gasteiger partial charge in [-0.05, 0) is 37.8 Å². The van der Waals surface area contributed by atoms with Gasteiger partial charge in [-0.3, -0.25) is 9.48 Å². The van der Waals surface area contributed by atoms with Gasteiger partial charge in [0, 0.05) is 55.9 Å². The molecule has 4 heterocycles. The van der Waals surface area contributed by atoms with Crippen molar-refractivity contribution in [3.8, 4) is 5.19 Å². The Morgan fingerprint density at radius 2 is 2.14 bits per heavy atom. The highest BCUT2D eigenvalue weighted by Gasteiger charge is 2.26. The number of ether oxygens (including phenoxy) is 2. The predicted octanol–water partition coefficient (Wildman–Crippen LogP) is 3.83. The Hall–Kier alpha value is -2.63. The molecule has 8 nitrogen and oxygen atoms in total. The average Bonchev–Trinajstić information content (AvgIpc) is 3.39. The van der Waals surface area contributed by atoms with Gasteiger partial charge in [-0.15, -0.1) is 0 Å². The molecule has 3 aromatic rings. The Morgan fingerprint density at radius 1 is 1.30 bits per heavy atom. The number of nitrogens with one attached hydrogen (secondary N) is 1. The van der Waals surface area contributed by atoms with Gasteiger partial charge in [0.05, 0.1) is 36.2 Å². The minimum absolute atomic E-state index is 0.00954. The maximum Gasteiger partial charge on any atom is 0.278 e. The number of amides is 1. The molecule has 1 aromatic carbocycles. The number of halogens is 2. The number of alkyl halides is 2. The molecule has 2 aliphatic heterocycles. The second-order valence-electron chi connectivity index (χ2n) is 10.1.